The highest BCUT2D eigenvalue weighted by molar-refractivity contribution is 6.09. The minimum absolute atomic E-state index is 0.0580. The minimum Gasteiger partial charge on any atom is -0.497 e. The van der Waals surface area contributed by atoms with E-state index in [0.717, 1.165) is 16.4 Å². The van der Waals surface area contributed by atoms with Gasteiger partial charge in [0.2, 0.25) is 5.54 Å². The van der Waals surface area contributed by atoms with Crippen molar-refractivity contribution in [2.24, 2.45) is 7.05 Å². The number of benzene rings is 1. The number of methoxy groups -OCH3 is 1. The van der Waals surface area contributed by atoms with Gasteiger partial charge >= 0.3 is 6.03 Å². The normalized spacial score (nSPS) is 17.8. The van der Waals surface area contributed by atoms with Crippen molar-refractivity contribution in [3.05, 3.63) is 54.5 Å². The van der Waals surface area contributed by atoms with Crippen LogP contribution in [0.3, 0.4) is 0 Å². The standard InChI is InChI=1S/C23H19N5O4/c1-27-10-8-14-3-5-16(24-19(14)27)7-9-23(21(30)25-22(31)26-23)13-28-12-15-4-6-17(32-2)11-18(15)20(28)29/h3-6,8,10-12,29H,13H2,1-2H3,(H2,25,26,30,31)/t23-/m1/s1. The van der Waals surface area contributed by atoms with Crippen molar-refractivity contribution >= 4 is 33.7 Å². The molecule has 1 fully saturated rings. The molecule has 1 aliphatic rings. The summed E-state index contributed by atoms with van der Waals surface area (Å²) in [5, 5.41) is 17.9. The monoisotopic (exact) mass is 429 g/mol. The molecule has 0 bridgehead atoms. The number of hydrogen-bond donors (Lipinski definition) is 3. The predicted molar refractivity (Wildman–Crippen MR) is 117 cm³/mol. The molecule has 9 heteroatoms. The summed E-state index contributed by atoms with van der Waals surface area (Å²) in [5.41, 5.74) is -0.355. The summed E-state index contributed by atoms with van der Waals surface area (Å²) in [6.07, 6.45) is 3.59. The second-order valence-corrected chi connectivity index (χ2v) is 7.63. The molecule has 4 aromatic rings. The van der Waals surface area contributed by atoms with Crippen LogP contribution >= 0.6 is 0 Å². The Kier molecular flexibility index (Phi) is 4.30. The molecule has 3 amide bonds. The highest BCUT2D eigenvalue weighted by atomic mass is 16.5. The number of fused-ring (bicyclic) bond motifs is 2. The average Bonchev–Trinajstić information content (AvgIpc) is 3.40. The van der Waals surface area contributed by atoms with E-state index in [-0.39, 0.29) is 12.4 Å². The van der Waals surface area contributed by atoms with E-state index in [0.29, 0.717) is 16.8 Å². The highest BCUT2D eigenvalue weighted by Crippen LogP contribution is 2.32. The third-order valence-corrected chi connectivity index (χ3v) is 5.54. The molecule has 160 valence electrons. The molecule has 0 aliphatic carbocycles. The fourth-order valence-corrected chi connectivity index (χ4v) is 3.83. The van der Waals surface area contributed by atoms with Gasteiger partial charge < -0.3 is 24.3 Å². The van der Waals surface area contributed by atoms with Gasteiger partial charge in [0, 0.05) is 35.6 Å². The van der Waals surface area contributed by atoms with Gasteiger partial charge in [-0.3, -0.25) is 10.1 Å². The largest absolute Gasteiger partial charge is 0.497 e. The van der Waals surface area contributed by atoms with Crippen molar-refractivity contribution in [2.45, 2.75) is 12.1 Å². The summed E-state index contributed by atoms with van der Waals surface area (Å²) in [4.78, 5) is 29.3. The lowest BCUT2D eigenvalue weighted by molar-refractivity contribution is -0.122. The van der Waals surface area contributed by atoms with Gasteiger partial charge in [-0.15, -0.1) is 0 Å². The van der Waals surface area contributed by atoms with Crippen molar-refractivity contribution in [1.82, 2.24) is 24.8 Å². The van der Waals surface area contributed by atoms with Gasteiger partial charge in [-0.05, 0) is 42.3 Å². The van der Waals surface area contributed by atoms with Gasteiger partial charge in [-0.1, -0.05) is 5.92 Å². The van der Waals surface area contributed by atoms with Crippen molar-refractivity contribution in [3.63, 3.8) is 0 Å². The Balaban J connectivity index is 1.56. The topological polar surface area (TPSA) is 110 Å². The molecule has 4 heterocycles. The summed E-state index contributed by atoms with van der Waals surface area (Å²) in [6, 6.07) is 10.2. The molecule has 0 saturated carbocycles. The van der Waals surface area contributed by atoms with Crippen LogP contribution in [0.5, 0.6) is 11.6 Å². The molecule has 9 nitrogen and oxygen atoms in total. The Morgan fingerprint density at radius 3 is 2.75 bits per heavy atom. The molecule has 32 heavy (non-hydrogen) atoms. The number of hydrogen-bond acceptors (Lipinski definition) is 5. The maximum Gasteiger partial charge on any atom is 0.323 e. The molecule has 0 spiro atoms. The number of aromatic hydroxyl groups is 1. The summed E-state index contributed by atoms with van der Waals surface area (Å²) in [7, 11) is 3.42. The fraction of sp³-hybridized carbons (Fsp3) is 0.174. The van der Waals surface area contributed by atoms with E-state index < -0.39 is 17.5 Å². The number of aromatic nitrogens is 3. The average molecular weight is 429 g/mol. The van der Waals surface area contributed by atoms with Crippen LogP contribution in [0.25, 0.3) is 21.8 Å². The van der Waals surface area contributed by atoms with E-state index in [9.17, 15) is 14.7 Å². The van der Waals surface area contributed by atoms with Crippen molar-refractivity contribution < 1.29 is 19.4 Å². The van der Waals surface area contributed by atoms with Crippen LogP contribution in [0.1, 0.15) is 5.69 Å². The number of urea groups is 1. The molecule has 1 atom stereocenters. The van der Waals surface area contributed by atoms with Crippen LogP contribution in [0.2, 0.25) is 0 Å². The lowest BCUT2D eigenvalue weighted by Crippen LogP contribution is -2.49. The maximum absolute atomic E-state index is 12.7. The maximum atomic E-state index is 12.7. The highest BCUT2D eigenvalue weighted by Gasteiger charge is 2.46. The van der Waals surface area contributed by atoms with Gasteiger partial charge in [0.1, 0.15) is 17.1 Å². The van der Waals surface area contributed by atoms with Crippen LogP contribution in [-0.2, 0) is 18.4 Å². The van der Waals surface area contributed by atoms with Crippen molar-refractivity contribution in [1.29, 1.82) is 0 Å². The summed E-state index contributed by atoms with van der Waals surface area (Å²) < 4.78 is 8.58. The lowest BCUT2D eigenvalue weighted by Gasteiger charge is -2.20. The molecule has 0 radical (unpaired) electrons. The molecule has 1 aromatic carbocycles. The Hall–Kier alpha value is -4.45. The van der Waals surface area contributed by atoms with Crippen LogP contribution in [0.4, 0.5) is 4.79 Å². The number of aryl methyl sites for hydroxylation is 1. The summed E-state index contributed by atoms with van der Waals surface area (Å²) in [6.45, 7) is -0.0905. The zero-order valence-electron chi connectivity index (χ0n) is 17.3. The molecule has 1 aliphatic heterocycles. The Bertz CT molecular complexity index is 1470. The zero-order chi connectivity index (χ0) is 22.5. The molecule has 1 saturated heterocycles. The molecule has 0 unspecified atom stereocenters. The first-order valence-electron chi connectivity index (χ1n) is 9.83. The SMILES string of the molecule is COc1ccc2cn(C[C@@]3(C#Cc4ccc5ccn(C)c5n4)NC(=O)NC3=O)c(O)c2c1. The lowest BCUT2D eigenvalue weighted by atomic mass is 10.0. The van der Waals surface area contributed by atoms with E-state index in [1.807, 2.05) is 29.9 Å². The van der Waals surface area contributed by atoms with E-state index in [2.05, 4.69) is 27.5 Å². The van der Waals surface area contributed by atoms with Crippen LogP contribution in [0.15, 0.2) is 48.8 Å². The van der Waals surface area contributed by atoms with Gasteiger partial charge in [-0.25, -0.2) is 9.78 Å². The van der Waals surface area contributed by atoms with Crippen molar-refractivity contribution in [3.8, 4) is 23.5 Å². The van der Waals surface area contributed by atoms with Gasteiger partial charge in [0.25, 0.3) is 5.91 Å². The molecule has 3 N–H and O–H groups in total. The number of nitrogens with one attached hydrogen (secondary N) is 2. The predicted octanol–water partition coefficient (Wildman–Crippen LogP) is 1.87. The Morgan fingerprint density at radius 1 is 1.19 bits per heavy atom. The first-order valence-corrected chi connectivity index (χ1v) is 9.83. The first kappa shape index (κ1) is 19.5. The second kappa shape index (κ2) is 7.06. The van der Waals surface area contributed by atoms with E-state index in [1.165, 1.54) is 4.57 Å². The Labute approximate surface area is 182 Å². The summed E-state index contributed by atoms with van der Waals surface area (Å²) >= 11 is 0. The molecule has 3 aromatic heterocycles. The first-order chi connectivity index (χ1) is 15.4. The molecule has 5 rings (SSSR count). The molecular formula is C23H19N5O4. The van der Waals surface area contributed by atoms with E-state index in [1.54, 1.807) is 37.6 Å². The number of carbonyl (C=O) groups is 2. The summed E-state index contributed by atoms with van der Waals surface area (Å²) in [5.74, 6) is 5.74. The zero-order valence-corrected chi connectivity index (χ0v) is 17.3. The molecular weight excluding hydrogens is 410 g/mol. The van der Waals surface area contributed by atoms with Crippen LogP contribution in [-0.4, -0.2) is 43.8 Å². The van der Waals surface area contributed by atoms with Gasteiger partial charge in [0.05, 0.1) is 13.7 Å². The second-order valence-electron chi connectivity index (χ2n) is 7.63. The number of amides is 3. The van der Waals surface area contributed by atoms with Crippen LogP contribution in [0, 0.1) is 11.8 Å². The number of imide groups is 1. The number of nitrogens with zero attached hydrogens (tertiary/aromatic N) is 3. The Morgan fingerprint density at radius 2 is 2.00 bits per heavy atom. The van der Waals surface area contributed by atoms with Gasteiger partial charge in [-0.2, -0.15) is 0 Å². The van der Waals surface area contributed by atoms with E-state index in [4.69, 9.17) is 4.74 Å². The number of rotatable bonds is 3. The minimum atomic E-state index is -1.57. The quantitative estimate of drug-likeness (QED) is 0.340. The number of carbonyl (C=O) groups excluding carboxylic acids is 2. The number of pyridine rings is 1. The third kappa shape index (κ3) is 3.09. The van der Waals surface area contributed by atoms with Gasteiger partial charge in [0.15, 0.2) is 5.88 Å². The third-order valence-electron chi connectivity index (χ3n) is 5.54. The van der Waals surface area contributed by atoms with Crippen LogP contribution < -0.4 is 15.4 Å². The smallest absolute Gasteiger partial charge is 0.323 e. The fourth-order valence-electron chi connectivity index (χ4n) is 3.83. The van der Waals surface area contributed by atoms with E-state index >= 15 is 0 Å². The van der Waals surface area contributed by atoms with Crippen molar-refractivity contribution in [2.75, 3.05) is 7.11 Å². The number of ether oxygens (including phenoxy) is 1.